The van der Waals surface area contributed by atoms with Gasteiger partial charge in [0.05, 0.1) is 11.8 Å². The van der Waals surface area contributed by atoms with Gasteiger partial charge in [-0.05, 0) is 30.2 Å². The lowest BCUT2D eigenvalue weighted by molar-refractivity contribution is -0.440. The molecule has 1 aromatic rings. The number of amides is 2. The lowest BCUT2D eigenvalue weighted by Gasteiger charge is -2.39. The van der Waals surface area contributed by atoms with Gasteiger partial charge in [-0.15, -0.1) is 0 Å². The predicted molar refractivity (Wildman–Crippen MR) is 118 cm³/mol. The van der Waals surface area contributed by atoms with Crippen molar-refractivity contribution in [3.05, 3.63) is 35.9 Å². The van der Waals surface area contributed by atoms with Gasteiger partial charge >= 0.3 is 35.8 Å². The summed E-state index contributed by atoms with van der Waals surface area (Å²) >= 11 is 0. The molecular formula is C25H26F13NO2. The molecule has 0 saturated carbocycles. The highest BCUT2D eigenvalue weighted by Gasteiger charge is 2.90. The lowest BCUT2D eigenvalue weighted by Crippen LogP contribution is -2.70. The molecular weight excluding hydrogens is 593 g/mol. The molecule has 0 spiro atoms. The summed E-state index contributed by atoms with van der Waals surface area (Å²) in [7, 11) is 0. The molecule has 1 saturated heterocycles. The molecule has 1 heterocycles. The number of hydrogen-bond acceptors (Lipinski definition) is 2. The van der Waals surface area contributed by atoms with Gasteiger partial charge in [-0.25, -0.2) is 0 Å². The number of aryl methyl sites for hydroxylation is 1. The molecule has 3 nitrogen and oxygen atoms in total. The first-order valence-corrected chi connectivity index (χ1v) is 12.1. The number of carbonyl (C=O) groups is 2. The van der Waals surface area contributed by atoms with E-state index in [1.165, 1.54) is 0 Å². The fourth-order valence-electron chi connectivity index (χ4n) is 4.66. The summed E-state index contributed by atoms with van der Waals surface area (Å²) in [5, 5.41) is 0. The molecule has 41 heavy (non-hydrogen) atoms. The van der Waals surface area contributed by atoms with Crippen LogP contribution in [0, 0.1) is 17.3 Å². The number of hydrogen-bond donors (Lipinski definition) is 0. The topological polar surface area (TPSA) is 37.4 Å². The highest BCUT2D eigenvalue weighted by atomic mass is 19.4. The molecule has 0 aromatic heterocycles. The number of nitrogens with zero attached hydrogens (tertiary/aromatic N) is 1. The first kappa shape index (κ1) is 34.7. The second-order valence-corrected chi connectivity index (χ2v) is 10.9. The maximum absolute atomic E-state index is 14.2. The minimum Gasteiger partial charge on any atom is -0.282 e. The minimum absolute atomic E-state index is 0.107. The molecule has 2 amide bonds. The fourth-order valence-corrected chi connectivity index (χ4v) is 4.66. The van der Waals surface area contributed by atoms with Crippen molar-refractivity contribution in [2.75, 3.05) is 6.54 Å². The van der Waals surface area contributed by atoms with Crippen molar-refractivity contribution >= 4 is 11.8 Å². The maximum atomic E-state index is 14.2. The summed E-state index contributed by atoms with van der Waals surface area (Å²) in [5.41, 5.74) is -0.0773. The van der Waals surface area contributed by atoms with Crippen molar-refractivity contribution in [3.63, 3.8) is 0 Å². The molecule has 2 rings (SSSR count). The summed E-state index contributed by atoms with van der Waals surface area (Å²) in [5.74, 6) is -41.1. The first-order valence-electron chi connectivity index (χ1n) is 12.1. The van der Waals surface area contributed by atoms with Gasteiger partial charge in [0.2, 0.25) is 11.8 Å². The molecule has 0 bridgehead atoms. The van der Waals surface area contributed by atoms with Crippen LogP contribution in [-0.4, -0.2) is 59.0 Å². The van der Waals surface area contributed by atoms with Crippen LogP contribution in [0.25, 0.3) is 0 Å². The minimum atomic E-state index is -7.97. The maximum Gasteiger partial charge on any atom is 0.460 e. The second-order valence-electron chi connectivity index (χ2n) is 10.9. The third kappa shape index (κ3) is 6.02. The number of halogens is 13. The number of carbonyl (C=O) groups excluding carboxylic acids is 2. The Kier molecular flexibility index (Phi) is 9.24. The van der Waals surface area contributed by atoms with Gasteiger partial charge in [0.1, 0.15) is 0 Å². The molecule has 1 fully saturated rings. The molecule has 2 atom stereocenters. The van der Waals surface area contributed by atoms with E-state index in [1.54, 1.807) is 51.1 Å². The lowest BCUT2D eigenvalue weighted by atomic mass is 9.73. The molecule has 16 heteroatoms. The molecule has 0 radical (unpaired) electrons. The number of likely N-dealkylation sites (tertiary alicyclic amines) is 1. The Labute approximate surface area is 226 Å². The smallest absolute Gasteiger partial charge is 0.282 e. The van der Waals surface area contributed by atoms with E-state index < -0.39 is 84.2 Å². The number of benzene rings is 1. The SMILES string of the molecule is CC(C)(C)C1C(=O)N(CCCC(F)(F)C(F)(F)C(F)(F)C(F)(F)C(F)(F)C(F)(F)F)C(=O)C1CCc1ccccc1. The van der Waals surface area contributed by atoms with Gasteiger partial charge in [0.15, 0.2) is 0 Å². The summed E-state index contributed by atoms with van der Waals surface area (Å²) in [6.07, 6.45) is -10.9. The van der Waals surface area contributed by atoms with Gasteiger partial charge in [0, 0.05) is 13.0 Å². The number of rotatable bonds is 11. The van der Waals surface area contributed by atoms with E-state index in [0.29, 0.717) is 11.3 Å². The van der Waals surface area contributed by atoms with Gasteiger partial charge in [-0.3, -0.25) is 14.5 Å². The number of alkyl halides is 13. The summed E-state index contributed by atoms with van der Waals surface area (Å²) in [6.45, 7) is 3.72. The average Bonchev–Trinajstić information content (AvgIpc) is 3.06. The van der Waals surface area contributed by atoms with Crippen LogP contribution in [0.15, 0.2) is 30.3 Å². The zero-order valence-corrected chi connectivity index (χ0v) is 21.8. The summed E-state index contributed by atoms with van der Waals surface area (Å²) in [4.78, 5) is 26.4. The first-order chi connectivity index (χ1) is 18.3. The molecule has 0 aliphatic carbocycles. The monoisotopic (exact) mass is 619 g/mol. The van der Waals surface area contributed by atoms with Crippen LogP contribution in [0.5, 0.6) is 0 Å². The number of imide groups is 1. The highest BCUT2D eigenvalue weighted by Crippen LogP contribution is 2.60. The Morgan fingerprint density at radius 3 is 1.63 bits per heavy atom. The van der Waals surface area contributed by atoms with E-state index in [9.17, 15) is 66.7 Å². The van der Waals surface area contributed by atoms with E-state index in [0.717, 1.165) is 5.56 Å². The Morgan fingerprint density at radius 2 is 1.17 bits per heavy atom. The van der Waals surface area contributed by atoms with Crippen LogP contribution in [0.1, 0.15) is 45.6 Å². The predicted octanol–water partition coefficient (Wildman–Crippen LogP) is 7.79. The molecule has 234 valence electrons. The Bertz CT molecular complexity index is 1090. The highest BCUT2D eigenvalue weighted by molar-refractivity contribution is 6.05. The molecule has 0 N–H and O–H groups in total. The fraction of sp³-hybridized carbons (Fsp3) is 0.680. The Morgan fingerprint density at radius 1 is 0.683 bits per heavy atom. The van der Waals surface area contributed by atoms with Gasteiger partial charge in [-0.2, -0.15) is 57.1 Å². The van der Waals surface area contributed by atoms with Crippen molar-refractivity contribution in [3.8, 4) is 0 Å². The molecule has 1 aromatic carbocycles. The summed E-state index contributed by atoms with van der Waals surface area (Å²) < 4.78 is 173. The molecule has 1 aliphatic rings. The van der Waals surface area contributed by atoms with E-state index >= 15 is 0 Å². The standard InChI is InChI=1S/C25H26F13NO2/c1-19(2,3)16-15(11-10-14-8-5-4-6-9-14)17(40)39(18(16)41)13-7-12-20(26,27)21(28,29)22(30,31)23(32,33)24(34,35)25(36,37)38/h4-6,8-9,15-16H,7,10-13H2,1-3H3. The largest absolute Gasteiger partial charge is 0.460 e. The van der Waals surface area contributed by atoms with E-state index in [1.807, 2.05) is 0 Å². The van der Waals surface area contributed by atoms with E-state index in [4.69, 9.17) is 0 Å². The van der Waals surface area contributed by atoms with Crippen molar-refractivity contribution in [2.45, 2.75) is 82.2 Å². The Hall–Kier alpha value is -2.55. The van der Waals surface area contributed by atoms with Crippen molar-refractivity contribution in [1.82, 2.24) is 4.90 Å². The van der Waals surface area contributed by atoms with Crippen LogP contribution in [0.2, 0.25) is 0 Å². The van der Waals surface area contributed by atoms with Gasteiger partial charge in [-0.1, -0.05) is 51.1 Å². The van der Waals surface area contributed by atoms with Crippen LogP contribution in [0.3, 0.4) is 0 Å². The second kappa shape index (κ2) is 10.9. The quantitative estimate of drug-likeness (QED) is 0.187. The third-order valence-corrected chi connectivity index (χ3v) is 6.91. The normalized spacial score (nSPS) is 20.2. The van der Waals surface area contributed by atoms with Gasteiger partial charge in [0.25, 0.3) is 0 Å². The van der Waals surface area contributed by atoms with Crippen LogP contribution >= 0.6 is 0 Å². The third-order valence-electron chi connectivity index (χ3n) is 6.91. The van der Waals surface area contributed by atoms with Crippen molar-refractivity contribution < 1.29 is 66.7 Å². The van der Waals surface area contributed by atoms with E-state index in [2.05, 4.69) is 0 Å². The zero-order chi connectivity index (χ0) is 32.0. The van der Waals surface area contributed by atoms with Crippen molar-refractivity contribution in [2.24, 2.45) is 17.3 Å². The van der Waals surface area contributed by atoms with Crippen molar-refractivity contribution in [1.29, 1.82) is 0 Å². The summed E-state index contributed by atoms with van der Waals surface area (Å²) in [6, 6.07) is 8.62. The zero-order valence-electron chi connectivity index (χ0n) is 21.8. The van der Waals surface area contributed by atoms with Gasteiger partial charge < -0.3 is 0 Å². The van der Waals surface area contributed by atoms with Crippen LogP contribution in [-0.2, 0) is 16.0 Å². The molecule has 2 unspecified atom stereocenters. The average molecular weight is 619 g/mol. The van der Waals surface area contributed by atoms with E-state index in [-0.39, 0.29) is 6.42 Å². The Balaban J connectivity index is 2.23. The van der Waals surface area contributed by atoms with Crippen LogP contribution in [0.4, 0.5) is 57.1 Å². The van der Waals surface area contributed by atoms with Crippen LogP contribution < -0.4 is 0 Å². The molecule has 1 aliphatic heterocycles.